The summed E-state index contributed by atoms with van der Waals surface area (Å²) in [5.41, 5.74) is 3.86. The number of pyridine rings is 1. The maximum absolute atomic E-state index is 12.1. The number of nitrogens with zero attached hydrogens (tertiary/aromatic N) is 3. The zero-order valence-electron chi connectivity index (χ0n) is 18.2. The van der Waals surface area contributed by atoms with E-state index in [2.05, 4.69) is 30.9 Å². The number of nitrogens with one attached hydrogen (secondary N) is 3. The van der Waals surface area contributed by atoms with Gasteiger partial charge in [0.05, 0.1) is 5.39 Å². The van der Waals surface area contributed by atoms with Crippen molar-refractivity contribution in [2.45, 2.75) is 6.42 Å². The molecule has 8 nitrogen and oxygen atoms in total. The van der Waals surface area contributed by atoms with Gasteiger partial charge < -0.3 is 20.4 Å². The topological polar surface area (TPSA) is 105 Å². The van der Waals surface area contributed by atoms with Gasteiger partial charge >= 0.3 is 6.03 Å². The smallest absolute Gasteiger partial charge is 0.323 e. The number of hydrogen-bond donors (Lipinski definition) is 3. The highest BCUT2D eigenvalue weighted by molar-refractivity contribution is 5.99. The van der Waals surface area contributed by atoms with Crippen molar-refractivity contribution >= 4 is 34.3 Å². The summed E-state index contributed by atoms with van der Waals surface area (Å²) in [7, 11) is 0. The largest absolute Gasteiger partial charge is 0.436 e. The number of benzene rings is 2. The molecule has 0 atom stereocenters. The van der Waals surface area contributed by atoms with Gasteiger partial charge in [0, 0.05) is 24.1 Å². The highest BCUT2D eigenvalue weighted by atomic mass is 16.3. The molecular weight excluding hydrogens is 428 g/mol. The average molecular weight is 451 g/mol. The van der Waals surface area contributed by atoms with Gasteiger partial charge in [0.15, 0.2) is 5.76 Å². The number of para-hydroxylation sites is 1. The zero-order chi connectivity index (χ0) is 23.2. The Balaban J connectivity index is 1.17. The van der Waals surface area contributed by atoms with Gasteiger partial charge in [-0.3, -0.25) is 4.98 Å². The second-order valence-corrected chi connectivity index (χ2v) is 7.59. The van der Waals surface area contributed by atoms with Crippen molar-refractivity contribution in [3.63, 3.8) is 0 Å². The van der Waals surface area contributed by atoms with Crippen molar-refractivity contribution in [2.75, 3.05) is 22.5 Å². The van der Waals surface area contributed by atoms with E-state index in [1.165, 1.54) is 6.33 Å². The molecule has 0 fully saturated rings. The fraction of sp³-hybridized carbons (Fsp3) is 0.0769. The molecule has 34 heavy (non-hydrogen) atoms. The zero-order valence-corrected chi connectivity index (χ0v) is 18.2. The van der Waals surface area contributed by atoms with Gasteiger partial charge in [0.1, 0.15) is 17.8 Å². The number of furan rings is 1. The first-order valence-corrected chi connectivity index (χ1v) is 10.9. The predicted octanol–water partition coefficient (Wildman–Crippen LogP) is 5.58. The molecule has 0 spiro atoms. The van der Waals surface area contributed by atoms with Crippen molar-refractivity contribution in [3.8, 4) is 11.5 Å². The number of carbonyl (C=O) groups is 1. The average Bonchev–Trinajstić information content (AvgIpc) is 3.32. The molecule has 0 aliphatic heterocycles. The van der Waals surface area contributed by atoms with Gasteiger partial charge in [-0.05, 0) is 54.4 Å². The quantitative estimate of drug-likeness (QED) is 0.299. The van der Waals surface area contributed by atoms with Crippen molar-refractivity contribution < 1.29 is 9.21 Å². The molecule has 5 rings (SSSR count). The SMILES string of the molecule is O=C(Nc1ccccc1)Nc1ccc(CCNc2ncnc3oc(-c4ccccn4)cc23)cc1. The van der Waals surface area contributed by atoms with Crippen molar-refractivity contribution in [3.05, 3.63) is 97.0 Å². The maximum atomic E-state index is 12.1. The van der Waals surface area contributed by atoms with Crippen LogP contribution in [-0.2, 0) is 6.42 Å². The maximum Gasteiger partial charge on any atom is 0.323 e. The third-order valence-corrected chi connectivity index (χ3v) is 5.20. The van der Waals surface area contributed by atoms with Gasteiger partial charge in [-0.1, -0.05) is 36.4 Å². The lowest BCUT2D eigenvalue weighted by atomic mass is 10.1. The summed E-state index contributed by atoms with van der Waals surface area (Å²) in [6.45, 7) is 0.678. The highest BCUT2D eigenvalue weighted by Gasteiger charge is 2.12. The summed E-state index contributed by atoms with van der Waals surface area (Å²) in [5, 5.41) is 9.81. The Morgan fingerprint density at radius 1 is 0.824 bits per heavy atom. The van der Waals surface area contributed by atoms with Crippen LogP contribution in [0.4, 0.5) is 22.0 Å². The Labute approximate surface area is 196 Å². The number of carbonyl (C=O) groups excluding carboxylic acids is 1. The Morgan fingerprint density at radius 2 is 1.59 bits per heavy atom. The van der Waals surface area contributed by atoms with Gasteiger partial charge in [0.25, 0.3) is 0 Å². The lowest BCUT2D eigenvalue weighted by Crippen LogP contribution is -2.19. The minimum absolute atomic E-state index is 0.279. The molecule has 3 N–H and O–H groups in total. The van der Waals surface area contributed by atoms with E-state index in [1.807, 2.05) is 78.9 Å². The molecule has 0 saturated carbocycles. The van der Waals surface area contributed by atoms with Crippen molar-refractivity contribution in [1.29, 1.82) is 0 Å². The molecule has 0 bridgehead atoms. The van der Waals surface area contributed by atoms with Crippen LogP contribution < -0.4 is 16.0 Å². The van der Waals surface area contributed by atoms with E-state index in [1.54, 1.807) is 6.20 Å². The molecule has 0 unspecified atom stereocenters. The Morgan fingerprint density at radius 3 is 2.35 bits per heavy atom. The van der Waals surface area contributed by atoms with E-state index in [-0.39, 0.29) is 6.03 Å². The summed E-state index contributed by atoms with van der Waals surface area (Å²) in [6.07, 6.45) is 3.99. The van der Waals surface area contributed by atoms with E-state index < -0.39 is 0 Å². The first-order chi connectivity index (χ1) is 16.7. The van der Waals surface area contributed by atoms with Crippen molar-refractivity contribution in [1.82, 2.24) is 15.0 Å². The third kappa shape index (κ3) is 5.02. The van der Waals surface area contributed by atoms with Crippen LogP contribution in [0.2, 0.25) is 0 Å². The summed E-state index contributed by atoms with van der Waals surface area (Å²) >= 11 is 0. The molecule has 2 aromatic carbocycles. The molecule has 0 radical (unpaired) electrons. The third-order valence-electron chi connectivity index (χ3n) is 5.20. The number of urea groups is 1. The lowest BCUT2D eigenvalue weighted by Gasteiger charge is -2.09. The summed E-state index contributed by atoms with van der Waals surface area (Å²) in [5.74, 6) is 1.37. The van der Waals surface area contributed by atoms with Crippen LogP contribution in [-0.4, -0.2) is 27.5 Å². The van der Waals surface area contributed by atoms with Gasteiger partial charge in [-0.2, -0.15) is 0 Å². The number of amides is 2. The number of aromatic nitrogens is 3. The molecule has 3 heterocycles. The monoisotopic (exact) mass is 450 g/mol. The minimum atomic E-state index is -0.279. The summed E-state index contributed by atoms with van der Waals surface area (Å²) < 4.78 is 5.85. The van der Waals surface area contributed by atoms with Crippen molar-refractivity contribution in [2.24, 2.45) is 0 Å². The van der Waals surface area contributed by atoms with Gasteiger partial charge in [0.2, 0.25) is 5.71 Å². The van der Waals surface area contributed by atoms with E-state index in [0.717, 1.165) is 34.4 Å². The van der Waals surface area contributed by atoms with E-state index in [4.69, 9.17) is 4.42 Å². The molecule has 0 saturated heterocycles. The van der Waals surface area contributed by atoms with Gasteiger partial charge in [-0.25, -0.2) is 14.8 Å². The molecule has 5 aromatic rings. The van der Waals surface area contributed by atoms with E-state index >= 15 is 0 Å². The van der Waals surface area contributed by atoms with Gasteiger partial charge in [-0.15, -0.1) is 0 Å². The standard InChI is InChI=1S/C26H22N6O2/c33-26(31-19-6-2-1-3-7-19)32-20-11-9-18(10-12-20)13-15-28-24-21-16-23(22-8-4-5-14-27-22)34-25(21)30-17-29-24/h1-12,14,16-17H,13,15H2,(H,28,29,30)(H2,31,32,33). The first-order valence-electron chi connectivity index (χ1n) is 10.9. The highest BCUT2D eigenvalue weighted by Crippen LogP contribution is 2.28. The first kappa shape index (κ1) is 21.1. The Kier molecular flexibility index (Phi) is 6.11. The molecular formula is C26H22N6O2. The van der Waals surface area contributed by atoms with Crippen LogP contribution in [0.15, 0.2) is 95.8 Å². The minimum Gasteiger partial charge on any atom is -0.436 e. The van der Waals surface area contributed by atoms with Crippen LogP contribution in [0.5, 0.6) is 0 Å². The number of anilines is 3. The second kappa shape index (κ2) is 9.83. The van der Waals surface area contributed by atoms with Crippen LogP contribution >= 0.6 is 0 Å². The Hall–Kier alpha value is -4.72. The second-order valence-electron chi connectivity index (χ2n) is 7.59. The number of fused-ring (bicyclic) bond motifs is 1. The molecule has 0 aliphatic carbocycles. The van der Waals surface area contributed by atoms with Crippen LogP contribution in [0.3, 0.4) is 0 Å². The van der Waals surface area contributed by atoms with E-state index in [9.17, 15) is 4.79 Å². The predicted molar refractivity (Wildman–Crippen MR) is 133 cm³/mol. The molecule has 168 valence electrons. The molecule has 3 aromatic heterocycles. The lowest BCUT2D eigenvalue weighted by molar-refractivity contribution is 0.262. The fourth-order valence-corrected chi connectivity index (χ4v) is 3.53. The fourth-order valence-electron chi connectivity index (χ4n) is 3.53. The normalized spacial score (nSPS) is 10.7. The summed E-state index contributed by atoms with van der Waals surface area (Å²) in [6, 6.07) is 24.4. The summed E-state index contributed by atoms with van der Waals surface area (Å²) in [4.78, 5) is 25.1. The Bertz CT molecular complexity index is 1390. The number of rotatable bonds is 7. The van der Waals surface area contributed by atoms with E-state index in [0.29, 0.717) is 23.8 Å². The van der Waals surface area contributed by atoms with Crippen LogP contribution in [0, 0.1) is 0 Å². The number of hydrogen-bond acceptors (Lipinski definition) is 6. The molecule has 0 aliphatic rings. The van der Waals surface area contributed by atoms with Crippen LogP contribution in [0.25, 0.3) is 22.6 Å². The van der Waals surface area contributed by atoms with Crippen LogP contribution in [0.1, 0.15) is 5.56 Å². The molecule has 2 amide bonds. The molecule has 8 heteroatoms.